The molecule has 0 aliphatic carbocycles. The summed E-state index contributed by atoms with van der Waals surface area (Å²) in [6.07, 6.45) is 2.03. The fourth-order valence-electron chi connectivity index (χ4n) is 2.99. The zero-order valence-electron chi connectivity index (χ0n) is 14.6. The molecule has 0 bridgehead atoms. The lowest BCUT2D eigenvalue weighted by atomic mass is 10.2. The van der Waals surface area contributed by atoms with Crippen LogP contribution in [0.1, 0.15) is 16.2 Å². The lowest BCUT2D eigenvalue weighted by Gasteiger charge is -2.09. The molecule has 1 amide bonds. The van der Waals surface area contributed by atoms with E-state index in [1.54, 1.807) is 16.8 Å². The van der Waals surface area contributed by atoms with Gasteiger partial charge < -0.3 is 9.88 Å². The third kappa shape index (κ3) is 3.61. The Balaban J connectivity index is 1.44. The smallest absolute Gasteiger partial charge is 0.251 e. The van der Waals surface area contributed by atoms with E-state index >= 15 is 0 Å². The Bertz CT molecular complexity index is 1120. The van der Waals surface area contributed by atoms with Crippen molar-refractivity contribution in [3.05, 3.63) is 70.6 Å². The van der Waals surface area contributed by atoms with Crippen LogP contribution in [0.25, 0.3) is 16.6 Å². The van der Waals surface area contributed by atoms with Gasteiger partial charge in [-0.25, -0.2) is 0 Å². The summed E-state index contributed by atoms with van der Waals surface area (Å²) in [5.41, 5.74) is 2.46. The molecule has 2 heterocycles. The molecule has 7 nitrogen and oxygen atoms in total. The standard InChI is InChI=1S/C19H17BrN6O/c1-13-22-23-24-26(13)17-4-2-3-15(11-17)19(27)21-8-10-25-9-7-14-5-6-16(20)12-18(14)25/h2-7,9,11-12H,8,10H2,1H3,(H,21,27). The number of rotatable bonds is 5. The van der Waals surface area contributed by atoms with Crippen molar-refractivity contribution in [1.82, 2.24) is 30.1 Å². The van der Waals surface area contributed by atoms with Crippen LogP contribution in [0.3, 0.4) is 0 Å². The van der Waals surface area contributed by atoms with E-state index in [1.807, 2.05) is 31.3 Å². The number of nitrogens with zero attached hydrogens (tertiary/aromatic N) is 5. The quantitative estimate of drug-likeness (QED) is 0.533. The van der Waals surface area contributed by atoms with Crippen LogP contribution >= 0.6 is 15.9 Å². The largest absolute Gasteiger partial charge is 0.350 e. The molecule has 27 heavy (non-hydrogen) atoms. The molecule has 2 aromatic heterocycles. The van der Waals surface area contributed by atoms with Crippen LogP contribution in [-0.2, 0) is 6.54 Å². The number of aryl methyl sites for hydroxylation is 1. The van der Waals surface area contributed by atoms with Crippen molar-refractivity contribution in [2.24, 2.45) is 0 Å². The zero-order valence-corrected chi connectivity index (χ0v) is 16.2. The van der Waals surface area contributed by atoms with Crippen LogP contribution in [-0.4, -0.2) is 37.2 Å². The van der Waals surface area contributed by atoms with E-state index in [9.17, 15) is 4.79 Å². The third-order valence-electron chi connectivity index (χ3n) is 4.35. The molecule has 0 radical (unpaired) electrons. The van der Waals surface area contributed by atoms with E-state index in [0.717, 1.165) is 15.7 Å². The number of fused-ring (bicyclic) bond motifs is 1. The van der Waals surface area contributed by atoms with Gasteiger partial charge in [-0.3, -0.25) is 4.79 Å². The van der Waals surface area contributed by atoms with E-state index in [-0.39, 0.29) is 5.91 Å². The predicted molar refractivity (Wildman–Crippen MR) is 106 cm³/mol. The second-order valence-electron chi connectivity index (χ2n) is 6.16. The van der Waals surface area contributed by atoms with Gasteiger partial charge in [-0.05, 0) is 59.1 Å². The summed E-state index contributed by atoms with van der Waals surface area (Å²) >= 11 is 3.50. The van der Waals surface area contributed by atoms with Crippen LogP contribution in [0.4, 0.5) is 0 Å². The number of halogens is 1. The van der Waals surface area contributed by atoms with Gasteiger partial charge in [0.15, 0.2) is 5.82 Å². The average Bonchev–Trinajstić information content (AvgIpc) is 3.28. The minimum Gasteiger partial charge on any atom is -0.350 e. The molecular weight excluding hydrogens is 408 g/mol. The number of nitrogens with one attached hydrogen (secondary N) is 1. The summed E-state index contributed by atoms with van der Waals surface area (Å²) in [4.78, 5) is 12.5. The van der Waals surface area contributed by atoms with Gasteiger partial charge in [0, 0.05) is 34.8 Å². The lowest BCUT2D eigenvalue weighted by Crippen LogP contribution is -2.27. The second kappa shape index (κ2) is 7.32. The average molecular weight is 425 g/mol. The topological polar surface area (TPSA) is 77.6 Å². The summed E-state index contributed by atoms with van der Waals surface area (Å²) in [5.74, 6) is 0.540. The maximum absolute atomic E-state index is 12.5. The van der Waals surface area contributed by atoms with E-state index in [2.05, 4.69) is 59.5 Å². The Hall–Kier alpha value is -3.00. The minimum absolute atomic E-state index is 0.125. The summed E-state index contributed by atoms with van der Waals surface area (Å²) in [6, 6.07) is 15.5. The molecule has 1 N–H and O–H groups in total. The SMILES string of the molecule is Cc1nnnn1-c1cccc(C(=O)NCCn2ccc3ccc(Br)cc32)c1. The number of hydrogen-bond acceptors (Lipinski definition) is 4. The lowest BCUT2D eigenvalue weighted by molar-refractivity contribution is 0.0952. The normalized spacial score (nSPS) is 11.0. The molecule has 2 aromatic carbocycles. The molecule has 4 rings (SSSR count). The van der Waals surface area contributed by atoms with Crippen molar-refractivity contribution in [2.45, 2.75) is 13.5 Å². The fraction of sp³-hybridized carbons (Fsp3) is 0.158. The first-order valence-electron chi connectivity index (χ1n) is 8.50. The molecule has 0 saturated heterocycles. The first kappa shape index (κ1) is 17.4. The highest BCUT2D eigenvalue weighted by Crippen LogP contribution is 2.20. The van der Waals surface area contributed by atoms with Crippen molar-refractivity contribution >= 4 is 32.7 Å². The number of hydrogen-bond donors (Lipinski definition) is 1. The summed E-state index contributed by atoms with van der Waals surface area (Å²) in [5, 5.41) is 15.6. The molecular formula is C19H17BrN6O. The van der Waals surface area contributed by atoms with E-state index in [1.165, 1.54) is 5.39 Å². The van der Waals surface area contributed by atoms with Gasteiger partial charge in [0.2, 0.25) is 0 Å². The third-order valence-corrected chi connectivity index (χ3v) is 4.85. The minimum atomic E-state index is -0.125. The van der Waals surface area contributed by atoms with E-state index in [4.69, 9.17) is 0 Å². The van der Waals surface area contributed by atoms with Crippen LogP contribution in [0.5, 0.6) is 0 Å². The summed E-state index contributed by atoms with van der Waals surface area (Å²) in [7, 11) is 0. The Morgan fingerprint density at radius 3 is 2.89 bits per heavy atom. The molecule has 4 aromatic rings. The molecule has 8 heteroatoms. The number of tetrazole rings is 1. The van der Waals surface area contributed by atoms with Crippen LogP contribution in [0.15, 0.2) is 59.2 Å². The maximum atomic E-state index is 12.5. The van der Waals surface area contributed by atoms with Crippen LogP contribution in [0, 0.1) is 6.92 Å². The zero-order chi connectivity index (χ0) is 18.8. The molecule has 0 aliphatic rings. The Morgan fingerprint density at radius 2 is 2.07 bits per heavy atom. The molecule has 0 spiro atoms. The van der Waals surface area contributed by atoms with Crippen molar-refractivity contribution in [2.75, 3.05) is 6.54 Å². The highest BCUT2D eigenvalue weighted by Gasteiger charge is 2.09. The van der Waals surface area contributed by atoms with Crippen molar-refractivity contribution in [3.8, 4) is 5.69 Å². The number of aromatic nitrogens is 5. The van der Waals surface area contributed by atoms with Crippen LogP contribution in [0.2, 0.25) is 0 Å². The van der Waals surface area contributed by atoms with Gasteiger partial charge in [0.1, 0.15) is 0 Å². The van der Waals surface area contributed by atoms with Gasteiger partial charge in [-0.1, -0.05) is 28.1 Å². The molecule has 0 saturated carbocycles. The Labute approximate surface area is 164 Å². The molecule has 0 unspecified atom stereocenters. The number of amides is 1. The highest BCUT2D eigenvalue weighted by molar-refractivity contribution is 9.10. The van der Waals surface area contributed by atoms with Gasteiger partial charge in [-0.2, -0.15) is 4.68 Å². The monoisotopic (exact) mass is 424 g/mol. The molecule has 0 aliphatic heterocycles. The summed E-state index contributed by atoms with van der Waals surface area (Å²) in [6.45, 7) is 3.03. The van der Waals surface area contributed by atoms with Gasteiger partial charge in [-0.15, -0.1) is 5.10 Å². The van der Waals surface area contributed by atoms with Crippen LogP contribution < -0.4 is 5.32 Å². The van der Waals surface area contributed by atoms with Gasteiger partial charge >= 0.3 is 0 Å². The van der Waals surface area contributed by atoms with Crippen molar-refractivity contribution in [3.63, 3.8) is 0 Å². The van der Waals surface area contributed by atoms with Gasteiger partial charge in [0.05, 0.1) is 5.69 Å². The maximum Gasteiger partial charge on any atom is 0.251 e. The fourth-order valence-corrected chi connectivity index (χ4v) is 3.34. The molecule has 0 fully saturated rings. The molecule has 0 atom stereocenters. The first-order valence-corrected chi connectivity index (χ1v) is 9.29. The van der Waals surface area contributed by atoms with Gasteiger partial charge in [0.25, 0.3) is 5.91 Å². The Kier molecular flexibility index (Phi) is 4.72. The second-order valence-corrected chi connectivity index (χ2v) is 7.07. The van der Waals surface area contributed by atoms with Crippen molar-refractivity contribution in [1.29, 1.82) is 0 Å². The number of carbonyl (C=O) groups is 1. The predicted octanol–water partition coefficient (Wildman–Crippen LogP) is 3.12. The van der Waals surface area contributed by atoms with Crippen molar-refractivity contribution < 1.29 is 4.79 Å². The number of benzene rings is 2. The Morgan fingerprint density at radius 1 is 1.19 bits per heavy atom. The summed E-state index contributed by atoms with van der Waals surface area (Å²) < 4.78 is 4.76. The highest BCUT2D eigenvalue weighted by atomic mass is 79.9. The first-order chi connectivity index (χ1) is 13.1. The van der Waals surface area contributed by atoms with E-state index in [0.29, 0.717) is 24.5 Å². The molecule has 136 valence electrons. The van der Waals surface area contributed by atoms with E-state index < -0.39 is 0 Å². The number of carbonyl (C=O) groups excluding carboxylic acids is 1.